The van der Waals surface area contributed by atoms with Crippen LogP contribution in [0, 0.1) is 0 Å². The van der Waals surface area contributed by atoms with E-state index in [1.165, 1.54) is 0 Å². The summed E-state index contributed by atoms with van der Waals surface area (Å²) in [6, 6.07) is 0. The van der Waals surface area contributed by atoms with Crippen molar-refractivity contribution < 1.29 is 22.8 Å². The largest absolute Gasteiger partial charge is 0.498 e. The van der Waals surface area contributed by atoms with Crippen molar-refractivity contribution in [2.45, 2.75) is 143 Å². The highest BCUT2D eigenvalue weighted by Crippen LogP contribution is 2.25. The molecule has 0 aliphatic carbocycles. The van der Waals surface area contributed by atoms with Crippen molar-refractivity contribution in [1.29, 1.82) is 0 Å². The average molecular weight is 449 g/mol. The molecule has 0 aliphatic heterocycles. The van der Waals surface area contributed by atoms with Gasteiger partial charge in [-0.2, -0.15) is 0 Å². The van der Waals surface area contributed by atoms with Crippen LogP contribution in [0.25, 0.3) is 0 Å². The van der Waals surface area contributed by atoms with Crippen molar-refractivity contribution in [3.05, 3.63) is 0 Å². The molecule has 29 heavy (non-hydrogen) atoms. The lowest BCUT2D eigenvalue weighted by Gasteiger charge is -2.37. The van der Waals surface area contributed by atoms with Crippen molar-refractivity contribution in [3.8, 4) is 0 Å². The van der Waals surface area contributed by atoms with Gasteiger partial charge in [0.05, 0.1) is 12.2 Å². The van der Waals surface area contributed by atoms with Gasteiger partial charge in [-0.25, -0.2) is 0 Å². The number of ether oxygens (including phenoxy) is 2. The van der Waals surface area contributed by atoms with E-state index < -0.39 is 8.80 Å². The zero-order chi connectivity index (χ0) is 22.4. The van der Waals surface area contributed by atoms with E-state index in [9.17, 15) is 0 Å². The lowest BCUT2D eigenvalue weighted by molar-refractivity contribution is -0.143. The van der Waals surface area contributed by atoms with Crippen molar-refractivity contribution >= 4 is 18.3 Å². The maximum atomic E-state index is 6.54. The third kappa shape index (κ3) is 12.6. The van der Waals surface area contributed by atoms with Crippen LogP contribution in [0.4, 0.5) is 0 Å². The zero-order valence-corrected chi connectivity index (χ0v) is 22.7. The summed E-state index contributed by atoms with van der Waals surface area (Å²) < 4.78 is 32.0. The molecule has 5 atom stereocenters. The molecular weight excluding hydrogens is 400 g/mol. The van der Waals surface area contributed by atoms with E-state index in [1.54, 1.807) is 0 Å². The molecule has 5 unspecified atom stereocenters. The van der Waals surface area contributed by atoms with E-state index in [0.717, 1.165) is 37.8 Å². The van der Waals surface area contributed by atoms with E-state index in [-0.39, 0.29) is 36.4 Å². The molecule has 0 saturated carbocycles. The average Bonchev–Trinajstić information content (AvgIpc) is 2.71. The second-order valence-electron chi connectivity index (χ2n) is 8.12. The van der Waals surface area contributed by atoms with Gasteiger partial charge in [-0.1, -0.05) is 34.6 Å². The van der Waals surface area contributed by atoms with Crippen molar-refractivity contribution in [3.63, 3.8) is 0 Å². The second kappa shape index (κ2) is 15.9. The Morgan fingerprint density at radius 3 is 1.14 bits per heavy atom. The smallest absolute Gasteiger partial charge is 0.371 e. The van der Waals surface area contributed by atoms with Crippen LogP contribution in [0.3, 0.4) is 0 Å². The second-order valence-corrected chi connectivity index (χ2v) is 12.5. The molecule has 7 heteroatoms. The zero-order valence-electron chi connectivity index (χ0n) is 20.7. The number of hydrogen-bond acceptors (Lipinski definition) is 5. The van der Waals surface area contributed by atoms with E-state index in [4.69, 9.17) is 22.8 Å². The first-order valence-electron chi connectivity index (χ1n) is 11.7. The first kappa shape index (κ1) is 29.2. The van der Waals surface area contributed by atoms with E-state index in [1.807, 2.05) is 0 Å². The highest BCUT2D eigenvalue weighted by Gasteiger charge is 2.46. The summed E-state index contributed by atoms with van der Waals surface area (Å²) in [5.41, 5.74) is 0.726. The minimum atomic E-state index is -2.88. The van der Waals surface area contributed by atoms with Gasteiger partial charge in [0.25, 0.3) is 0 Å². The maximum Gasteiger partial charge on any atom is 0.498 e. The first-order chi connectivity index (χ1) is 13.6. The van der Waals surface area contributed by atoms with Crippen molar-refractivity contribution in [1.82, 2.24) is 0 Å². The van der Waals surface area contributed by atoms with Crippen LogP contribution in [0.1, 0.15) is 101 Å². The molecule has 174 valence electrons. The fraction of sp³-hybridized carbons (Fsp3) is 1.00. The summed E-state index contributed by atoms with van der Waals surface area (Å²) in [5, 5.41) is 0. The van der Waals surface area contributed by atoms with Crippen LogP contribution in [0.5, 0.6) is 0 Å². The summed E-state index contributed by atoms with van der Waals surface area (Å²) in [6.45, 7) is 21.2. The minimum absolute atomic E-state index is 0.101. The topological polar surface area (TPSA) is 46.2 Å². The van der Waals surface area contributed by atoms with E-state index in [2.05, 4.69) is 69.2 Å². The Labute approximate surface area is 184 Å². The van der Waals surface area contributed by atoms with Crippen LogP contribution in [0.15, 0.2) is 0 Å². The maximum absolute atomic E-state index is 6.54. The molecule has 0 fully saturated rings. The summed E-state index contributed by atoms with van der Waals surface area (Å²) in [7, 11) is -2.47. The van der Waals surface area contributed by atoms with Gasteiger partial charge in [-0.15, -0.1) is 0 Å². The molecule has 0 N–H and O–H groups in total. The molecule has 0 rings (SSSR count). The Kier molecular flexibility index (Phi) is 16.1. The Balaban J connectivity index is 5.54. The molecule has 5 nitrogen and oxygen atoms in total. The molecule has 0 saturated heterocycles. The molecule has 0 amide bonds. The summed E-state index contributed by atoms with van der Waals surface area (Å²) in [6.07, 6.45) is 5.35. The molecule has 0 aromatic heterocycles. The van der Waals surface area contributed by atoms with Gasteiger partial charge in [0.15, 0.2) is 0 Å². The molecule has 0 aromatic rings. The molecule has 0 heterocycles. The fourth-order valence-corrected chi connectivity index (χ4v) is 8.16. The molecule has 2 radical (unpaired) electrons. The lowest BCUT2D eigenvalue weighted by atomic mass is 10.3. The predicted octanol–water partition coefficient (Wildman–Crippen LogP) is 5.95. The van der Waals surface area contributed by atoms with Gasteiger partial charge in [0, 0.05) is 24.0 Å². The summed E-state index contributed by atoms with van der Waals surface area (Å²) >= 11 is 0. The van der Waals surface area contributed by atoms with Gasteiger partial charge in [0.2, 0.25) is 0 Å². The monoisotopic (exact) mass is 448 g/mol. The van der Waals surface area contributed by atoms with Gasteiger partial charge >= 0.3 is 8.80 Å². The first-order valence-corrected chi connectivity index (χ1v) is 14.9. The number of rotatable bonds is 18. The Bertz CT molecular complexity index is 356. The summed E-state index contributed by atoms with van der Waals surface area (Å²) in [5.74, 6) is -0.242. The Morgan fingerprint density at radius 2 is 0.862 bits per heavy atom. The molecule has 0 aromatic carbocycles. The van der Waals surface area contributed by atoms with Crippen LogP contribution in [0.2, 0.25) is 5.67 Å². The normalized spacial score (nSPS) is 20.5. The standard InChI is InChI=1S/C22H48O5Si2/c1-11-17(6)23-22(24-18(7)12-2)28-16-29(25-19(8)13-3,26-20(9)14-4)27-21(10)15-5/h17-22H,11-16H2,1-10H3. The van der Waals surface area contributed by atoms with E-state index >= 15 is 0 Å². The predicted molar refractivity (Wildman–Crippen MR) is 124 cm³/mol. The lowest BCUT2D eigenvalue weighted by Crippen LogP contribution is -2.53. The van der Waals surface area contributed by atoms with Gasteiger partial charge in [0.1, 0.15) is 15.4 Å². The summed E-state index contributed by atoms with van der Waals surface area (Å²) in [4.78, 5) is 0. The van der Waals surface area contributed by atoms with E-state index in [0.29, 0.717) is 9.52 Å². The molecule has 0 bridgehead atoms. The molecular formula is C22H48O5Si2. The highest BCUT2D eigenvalue weighted by atomic mass is 28.4. The minimum Gasteiger partial charge on any atom is -0.371 e. The number of hydrogen-bond donors (Lipinski definition) is 0. The Hall–Kier alpha value is 0.234. The molecule has 0 aliphatic rings. The van der Waals surface area contributed by atoms with Crippen molar-refractivity contribution in [2.75, 3.05) is 0 Å². The molecule has 0 spiro atoms. The fourth-order valence-electron chi connectivity index (χ4n) is 2.33. The third-order valence-electron chi connectivity index (χ3n) is 5.21. The Morgan fingerprint density at radius 1 is 0.552 bits per heavy atom. The SMILES string of the molecule is CCC(C)OC(OC(C)CC)[Si]C[Si](OC(C)CC)(OC(C)CC)OC(C)CC. The van der Waals surface area contributed by atoms with Gasteiger partial charge in [-0.3, -0.25) is 0 Å². The van der Waals surface area contributed by atoms with Crippen LogP contribution >= 0.6 is 0 Å². The van der Waals surface area contributed by atoms with Gasteiger partial charge in [-0.05, 0) is 66.7 Å². The van der Waals surface area contributed by atoms with Crippen LogP contribution in [-0.4, -0.2) is 54.8 Å². The van der Waals surface area contributed by atoms with Crippen molar-refractivity contribution in [2.24, 2.45) is 0 Å². The highest BCUT2D eigenvalue weighted by molar-refractivity contribution is 6.71. The van der Waals surface area contributed by atoms with Crippen LogP contribution in [-0.2, 0) is 22.8 Å². The third-order valence-corrected chi connectivity index (χ3v) is 10.7. The quantitative estimate of drug-likeness (QED) is 0.192. The van der Waals surface area contributed by atoms with Gasteiger partial charge < -0.3 is 22.8 Å². The van der Waals surface area contributed by atoms with Crippen LogP contribution < -0.4 is 0 Å².